The fraction of sp³-hybridized carbons (Fsp3) is 0.625. The van der Waals surface area contributed by atoms with Crippen LogP contribution >= 0.6 is 0 Å². The molecule has 0 saturated carbocycles. The van der Waals surface area contributed by atoms with E-state index in [9.17, 15) is 0 Å². The lowest BCUT2D eigenvalue weighted by molar-refractivity contribution is -0.0799. The second-order valence-corrected chi connectivity index (χ2v) is 5.58. The highest BCUT2D eigenvalue weighted by atomic mass is 16.5. The lowest BCUT2D eigenvalue weighted by Gasteiger charge is -2.40. The number of ether oxygens (including phenoxy) is 3. The first kappa shape index (κ1) is 16.1. The van der Waals surface area contributed by atoms with E-state index >= 15 is 0 Å². The van der Waals surface area contributed by atoms with E-state index < -0.39 is 0 Å². The van der Waals surface area contributed by atoms with Crippen molar-refractivity contribution in [3.8, 4) is 11.5 Å². The average molecular weight is 294 g/mol. The predicted octanol–water partition coefficient (Wildman–Crippen LogP) is 1.81. The number of morpholine rings is 1. The number of nitrogens with two attached hydrogens (primary N) is 1. The highest BCUT2D eigenvalue weighted by Crippen LogP contribution is 2.32. The molecule has 1 saturated heterocycles. The molecule has 0 amide bonds. The number of benzene rings is 1. The minimum atomic E-state index is 0.165. The van der Waals surface area contributed by atoms with Crippen LogP contribution in [0.15, 0.2) is 18.2 Å². The topological polar surface area (TPSA) is 57.0 Å². The predicted molar refractivity (Wildman–Crippen MR) is 82.9 cm³/mol. The van der Waals surface area contributed by atoms with Crippen molar-refractivity contribution in [2.45, 2.75) is 32.1 Å². The van der Waals surface area contributed by atoms with E-state index in [2.05, 4.69) is 24.8 Å². The van der Waals surface area contributed by atoms with Crippen LogP contribution in [0.5, 0.6) is 11.5 Å². The van der Waals surface area contributed by atoms with E-state index in [1.807, 2.05) is 12.1 Å². The summed E-state index contributed by atoms with van der Waals surface area (Å²) in [6.07, 6.45) is 0.450. The summed E-state index contributed by atoms with van der Waals surface area (Å²) in [5.41, 5.74) is 7.18. The summed E-state index contributed by atoms with van der Waals surface area (Å²) in [5, 5.41) is 0. The van der Waals surface area contributed by atoms with Crippen LogP contribution in [0.4, 0.5) is 0 Å². The van der Waals surface area contributed by atoms with Crippen LogP contribution < -0.4 is 15.2 Å². The fourth-order valence-electron chi connectivity index (χ4n) is 3.03. The van der Waals surface area contributed by atoms with E-state index in [-0.39, 0.29) is 18.2 Å². The van der Waals surface area contributed by atoms with Crippen LogP contribution in [0.3, 0.4) is 0 Å². The molecular weight excluding hydrogens is 268 g/mol. The summed E-state index contributed by atoms with van der Waals surface area (Å²) >= 11 is 0. The monoisotopic (exact) mass is 294 g/mol. The van der Waals surface area contributed by atoms with Crippen LogP contribution in [0.25, 0.3) is 0 Å². The van der Waals surface area contributed by atoms with Crippen molar-refractivity contribution >= 4 is 0 Å². The molecule has 1 aromatic rings. The lowest BCUT2D eigenvalue weighted by atomic mass is 10.0. The molecule has 5 nitrogen and oxygen atoms in total. The van der Waals surface area contributed by atoms with Gasteiger partial charge in [-0.3, -0.25) is 4.90 Å². The Kier molecular flexibility index (Phi) is 5.45. The molecule has 2 N–H and O–H groups in total. The first-order valence-corrected chi connectivity index (χ1v) is 7.40. The van der Waals surface area contributed by atoms with Crippen LogP contribution in [0, 0.1) is 0 Å². The molecule has 1 aromatic carbocycles. The third-order valence-electron chi connectivity index (χ3n) is 3.90. The van der Waals surface area contributed by atoms with Gasteiger partial charge in [0.1, 0.15) is 0 Å². The Morgan fingerprint density at radius 3 is 2.33 bits per heavy atom. The van der Waals surface area contributed by atoms with Crippen molar-refractivity contribution in [3.05, 3.63) is 23.8 Å². The van der Waals surface area contributed by atoms with Crippen molar-refractivity contribution in [2.24, 2.45) is 5.73 Å². The highest BCUT2D eigenvalue weighted by Gasteiger charge is 2.28. The molecule has 0 radical (unpaired) electrons. The SMILES string of the molecule is COc1ccc([C@H](CN)N2C[C@@H](C)O[C@H](C)C2)cc1OC. The van der Waals surface area contributed by atoms with Gasteiger partial charge in [-0.05, 0) is 31.5 Å². The van der Waals surface area contributed by atoms with Crippen LogP contribution in [0.1, 0.15) is 25.5 Å². The maximum absolute atomic E-state index is 6.03. The molecule has 21 heavy (non-hydrogen) atoms. The number of hydrogen-bond donors (Lipinski definition) is 1. The molecule has 0 bridgehead atoms. The van der Waals surface area contributed by atoms with Crippen LogP contribution in [0.2, 0.25) is 0 Å². The minimum absolute atomic E-state index is 0.165. The van der Waals surface area contributed by atoms with Gasteiger partial charge in [-0.1, -0.05) is 6.07 Å². The number of rotatable bonds is 5. The Hall–Kier alpha value is -1.30. The normalized spacial score (nSPS) is 24.6. The van der Waals surface area contributed by atoms with Crippen molar-refractivity contribution in [1.29, 1.82) is 0 Å². The Morgan fingerprint density at radius 1 is 1.19 bits per heavy atom. The third-order valence-corrected chi connectivity index (χ3v) is 3.90. The van der Waals surface area contributed by atoms with E-state index in [1.165, 1.54) is 0 Å². The molecule has 0 aromatic heterocycles. The minimum Gasteiger partial charge on any atom is -0.493 e. The second-order valence-electron chi connectivity index (χ2n) is 5.58. The molecule has 1 fully saturated rings. The number of hydrogen-bond acceptors (Lipinski definition) is 5. The molecule has 2 rings (SSSR count). The van der Waals surface area contributed by atoms with E-state index in [1.54, 1.807) is 14.2 Å². The van der Waals surface area contributed by atoms with Gasteiger partial charge in [0.25, 0.3) is 0 Å². The molecule has 1 heterocycles. The van der Waals surface area contributed by atoms with Gasteiger partial charge in [0, 0.05) is 25.7 Å². The summed E-state index contributed by atoms with van der Waals surface area (Å²) < 4.78 is 16.5. The molecule has 0 aliphatic carbocycles. The number of nitrogens with zero attached hydrogens (tertiary/aromatic N) is 1. The Labute approximate surface area is 127 Å². The first-order chi connectivity index (χ1) is 10.1. The van der Waals surface area contributed by atoms with Gasteiger partial charge in [-0.25, -0.2) is 0 Å². The van der Waals surface area contributed by atoms with Crippen LogP contribution in [-0.2, 0) is 4.74 Å². The zero-order valence-electron chi connectivity index (χ0n) is 13.3. The van der Waals surface area contributed by atoms with Gasteiger partial charge < -0.3 is 19.9 Å². The van der Waals surface area contributed by atoms with Crippen molar-refractivity contribution in [1.82, 2.24) is 4.90 Å². The Morgan fingerprint density at radius 2 is 1.81 bits per heavy atom. The zero-order chi connectivity index (χ0) is 15.4. The van der Waals surface area contributed by atoms with Gasteiger partial charge >= 0.3 is 0 Å². The molecule has 1 aliphatic rings. The second kappa shape index (κ2) is 7.11. The lowest BCUT2D eigenvalue weighted by Crippen LogP contribution is -2.48. The fourth-order valence-corrected chi connectivity index (χ4v) is 3.03. The summed E-state index contributed by atoms with van der Waals surface area (Å²) in [6, 6.07) is 6.17. The molecule has 118 valence electrons. The summed E-state index contributed by atoms with van der Waals surface area (Å²) in [5.74, 6) is 1.48. The number of methoxy groups -OCH3 is 2. The van der Waals surface area contributed by atoms with Gasteiger partial charge in [0.2, 0.25) is 0 Å². The molecule has 3 atom stereocenters. The van der Waals surface area contributed by atoms with Gasteiger partial charge in [-0.2, -0.15) is 0 Å². The molecule has 0 spiro atoms. The standard InChI is InChI=1S/C16H26N2O3/c1-11-9-18(10-12(2)21-11)14(8-17)13-5-6-15(19-3)16(7-13)20-4/h5-7,11-12,14H,8-10,17H2,1-4H3/t11-,12-,14+/m1/s1. The first-order valence-electron chi connectivity index (χ1n) is 7.40. The summed E-state index contributed by atoms with van der Waals surface area (Å²) in [6.45, 7) is 6.55. The van der Waals surface area contributed by atoms with E-state index in [0.29, 0.717) is 6.54 Å². The Balaban J connectivity index is 2.24. The molecular formula is C16H26N2O3. The maximum atomic E-state index is 6.03. The zero-order valence-corrected chi connectivity index (χ0v) is 13.3. The largest absolute Gasteiger partial charge is 0.493 e. The van der Waals surface area contributed by atoms with Crippen molar-refractivity contribution in [3.63, 3.8) is 0 Å². The molecule has 5 heteroatoms. The molecule has 1 aliphatic heterocycles. The van der Waals surface area contributed by atoms with Crippen molar-refractivity contribution < 1.29 is 14.2 Å². The quantitative estimate of drug-likeness (QED) is 0.897. The smallest absolute Gasteiger partial charge is 0.161 e. The van der Waals surface area contributed by atoms with Gasteiger partial charge in [0.15, 0.2) is 11.5 Å². The third kappa shape index (κ3) is 3.67. The van der Waals surface area contributed by atoms with Crippen molar-refractivity contribution in [2.75, 3.05) is 33.9 Å². The van der Waals surface area contributed by atoms with E-state index in [4.69, 9.17) is 19.9 Å². The summed E-state index contributed by atoms with van der Waals surface area (Å²) in [7, 11) is 3.29. The van der Waals surface area contributed by atoms with Crippen LogP contribution in [-0.4, -0.2) is 51.0 Å². The summed E-state index contributed by atoms with van der Waals surface area (Å²) in [4.78, 5) is 2.39. The average Bonchev–Trinajstić information content (AvgIpc) is 2.46. The van der Waals surface area contributed by atoms with Gasteiger partial charge in [0.05, 0.1) is 26.4 Å². The van der Waals surface area contributed by atoms with Gasteiger partial charge in [-0.15, -0.1) is 0 Å². The highest BCUT2D eigenvalue weighted by molar-refractivity contribution is 5.44. The maximum Gasteiger partial charge on any atom is 0.161 e. The van der Waals surface area contributed by atoms with E-state index in [0.717, 1.165) is 30.2 Å². The molecule has 0 unspecified atom stereocenters. The Bertz CT molecular complexity index is 457.